The van der Waals surface area contributed by atoms with Crippen LogP contribution in [-0.2, 0) is 11.3 Å². The number of hydrogen-bond acceptors (Lipinski definition) is 6. The van der Waals surface area contributed by atoms with Crippen LogP contribution in [0.2, 0.25) is 0 Å². The smallest absolute Gasteiger partial charge is 0.274 e. The Labute approximate surface area is 190 Å². The van der Waals surface area contributed by atoms with E-state index >= 15 is 0 Å². The molecule has 0 atom stereocenters. The summed E-state index contributed by atoms with van der Waals surface area (Å²) in [5.41, 5.74) is 1.53. The third-order valence-electron chi connectivity index (χ3n) is 4.60. The molecule has 2 aromatic carbocycles. The Balaban J connectivity index is 1.86. The number of nitrogens with zero attached hydrogens (tertiary/aromatic N) is 3. The van der Waals surface area contributed by atoms with Gasteiger partial charge in [0, 0.05) is 31.3 Å². The molecular formula is C23H26FN5O4. The third kappa shape index (κ3) is 6.36. The predicted octanol–water partition coefficient (Wildman–Crippen LogP) is 2.50. The van der Waals surface area contributed by atoms with Crippen molar-refractivity contribution in [3.63, 3.8) is 0 Å². The molecule has 2 amide bonds. The molecule has 174 valence electrons. The van der Waals surface area contributed by atoms with E-state index in [1.165, 1.54) is 22.9 Å². The first-order valence-corrected chi connectivity index (χ1v) is 10.6. The highest BCUT2D eigenvalue weighted by molar-refractivity contribution is 5.94. The lowest BCUT2D eigenvalue weighted by molar-refractivity contribution is 0.0914. The number of rotatable bonds is 11. The zero-order valence-electron chi connectivity index (χ0n) is 18.5. The molecule has 33 heavy (non-hydrogen) atoms. The molecule has 3 aromatic rings. The molecule has 1 heterocycles. The fraction of sp³-hybridized carbons (Fsp3) is 0.304. The summed E-state index contributed by atoms with van der Waals surface area (Å²) >= 11 is 0. The topological polar surface area (TPSA) is 107 Å². The van der Waals surface area contributed by atoms with Crippen molar-refractivity contribution in [2.45, 2.75) is 20.5 Å². The van der Waals surface area contributed by atoms with Crippen LogP contribution in [0, 0.1) is 5.82 Å². The van der Waals surface area contributed by atoms with Crippen LogP contribution in [0.1, 0.15) is 40.4 Å². The maximum atomic E-state index is 13.5. The monoisotopic (exact) mass is 455 g/mol. The molecule has 0 fully saturated rings. The quantitative estimate of drug-likeness (QED) is 0.430. The van der Waals surface area contributed by atoms with Gasteiger partial charge in [0.05, 0.1) is 12.3 Å². The van der Waals surface area contributed by atoms with Gasteiger partial charge in [-0.25, -0.2) is 9.07 Å². The van der Waals surface area contributed by atoms with E-state index in [0.717, 1.165) is 0 Å². The van der Waals surface area contributed by atoms with Gasteiger partial charge in [0.25, 0.3) is 11.8 Å². The second kappa shape index (κ2) is 11.7. The Bertz CT molecular complexity index is 1080. The van der Waals surface area contributed by atoms with Crippen molar-refractivity contribution in [3.05, 3.63) is 71.3 Å². The molecule has 9 nitrogen and oxygen atoms in total. The van der Waals surface area contributed by atoms with E-state index in [1.54, 1.807) is 30.3 Å². The molecule has 1 aromatic heterocycles. The summed E-state index contributed by atoms with van der Waals surface area (Å²) in [6.45, 7) is 5.37. The van der Waals surface area contributed by atoms with Gasteiger partial charge >= 0.3 is 0 Å². The van der Waals surface area contributed by atoms with E-state index in [-0.39, 0.29) is 18.2 Å². The number of aromatic nitrogens is 3. The first-order valence-electron chi connectivity index (χ1n) is 10.6. The molecule has 0 saturated heterocycles. The molecule has 0 aliphatic rings. The third-order valence-corrected chi connectivity index (χ3v) is 4.60. The lowest BCUT2D eigenvalue weighted by Crippen LogP contribution is -2.28. The number of carbonyl (C=O) groups excluding carboxylic acids is 2. The van der Waals surface area contributed by atoms with Crippen molar-refractivity contribution in [2.75, 3.05) is 26.3 Å². The number of hydrogen-bond donors (Lipinski definition) is 2. The summed E-state index contributed by atoms with van der Waals surface area (Å²) in [6.07, 6.45) is 0. The van der Waals surface area contributed by atoms with Gasteiger partial charge in [-0.15, -0.1) is 5.10 Å². The SMILES string of the molecule is CCNC(=O)c1ccc(-n2nnc(C(=O)NCCOCC)c2COc2cccc(F)c2)cc1. The Morgan fingerprint density at radius 1 is 1.06 bits per heavy atom. The van der Waals surface area contributed by atoms with Crippen LogP contribution in [-0.4, -0.2) is 53.1 Å². The van der Waals surface area contributed by atoms with Gasteiger partial charge in [0.1, 0.15) is 23.9 Å². The highest BCUT2D eigenvalue weighted by Gasteiger charge is 2.21. The highest BCUT2D eigenvalue weighted by atomic mass is 19.1. The van der Waals surface area contributed by atoms with E-state index in [4.69, 9.17) is 9.47 Å². The number of halogens is 1. The van der Waals surface area contributed by atoms with Crippen LogP contribution in [0.25, 0.3) is 5.69 Å². The summed E-state index contributed by atoms with van der Waals surface area (Å²) in [7, 11) is 0. The molecule has 0 spiro atoms. The van der Waals surface area contributed by atoms with Crippen LogP contribution in [0.3, 0.4) is 0 Å². The Morgan fingerprint density at radius 2 is 1.85 bits per heavy atom. The zero-order chi connectivity index (χ0) is 23.6. The molecule has 0 aliphatic carbocycles. The fourth-order valence-corrected chi connectivity index (χ4v) is 3.00. The van der Waals surface area contributed by atoms with Crippen LogP contribution >= 0.6 is 0 Å². The lowest BCUT2D eigenvalue weighted by Gasteiger charge is -2.11. The number of carbonyl (C=O) groups is 2. The van der Waals surface area contributed by atoms with E-state index in [1.807, 2.05) is 13.8 Å². The Hall–Kier alpha value is -3.79. The minimum Gasteiger partial charge on any atom is -0.487 e. The minimum atomic E-state index is -0.436. The minimum absolute atomic E-state index is 0.0794. The van der Waals surface area contributed by atoms with Crippen LogP contribution in [0.5, 0.6) is 5.75 Å². The number of nitrogens with one attached hydrogen (secondary N) is 2. The highest BCUT2D eigenvalue weighted by Crippen LogP contribution is 2.18. The van der Waals surface area contributed by atoms with Crippen LogP contribution in [0.4, 0.5) is 4.39 Å². The summed E-state index contributed by atoms with van der Waals surface area (Å²) in [5.74, 6) is -0.754. The van der Waals surface area contributed by atoms with Crippen LogP contribution < -0.4 is 15.4 Å². The lowest BCUT2D eigenvalue weighted by atomic mass is 10.2. The van der Waals surface area contributed by atoms with Crippen molar-refractivity contribution < 1.29 is 23.5 Å². The number of benzene rings is 2. The van der Waals surface area contributed by atoms with Crippen molar-refractivity contribution in [2.24, 2.45) is 0 Å². The number of ether oxygens (including phenoxy) is 2. The van der Waals surface area contributed by atoms with Crippen molar-refractivity contribution >= 4 is 11.8 Å². The molecule has 0 unspecified atom stereocenters. The molecule has 0 aliphatic heterocycles. The largest absolute Gasteiger partial charge is 0.487 e. The Morgan fingerprint density at radius 3 is 2.55 bits per heavy atom. The molecule has 3 rings (SSSR count). The molecular weight excluding hydrogens is 429 g/mol. The van der Waals surface area contributed by atoms with Gasteiger partial charge < -0.3 is 20.1 Å². The normalized spacial score (nSPS) is 10.6. The van der Waals surface area contributed by atoms with Gasteiger partial charge in [-0.05, 0) is 50.2 Å². The van der Waals surface area contributed by atoms with Gasteiger partial charge in [0.15, 0.2) is 5.69 Å². The maximum absolute atomic E-state index is 13.5. The Kier molecular flexibility index (Phi) is 8.48. The van der Waals surface area contributed by atoms with Crippen molar-refractivity contribution in [1.82, 2.24) is 25.6 Å². The summed E-state index contributed by atoms with van der Waals surface area (Å²) < 4.78 is 25.9. The van der Waals surface area contributed by atoms with Crippen molar-refractivity contribution in [1.29, 1.82) is 0 Å². The predicted molar refractivity (Wildman–Crippen MR) is 119 cm³/mol. The van der Waals surface area contributed by atoms with Gasteiger partial charge in [-0.2, -0.15) is 0 Å². The summed E-state index contributed by atoms with van der Waals surface area (Å²) in [5, 5.41) is 13.6. The fourth-order valence-electron chi connectivity index (χ4n) is 3.00. The molecule has 0 saturated carbocycles. The van der Waals surface area contributed by atoms with Crippen molar-refractivity contribution in [3.8, 4) is 11.4 Å². The van der Waals surface area contributed by atoms with Gasteiger partial charge in [-0.1, -0.05) is 11.3 Å². The first kappa shape index (κ1) is 23.9. The standard InChI is InChI=1S/C23H26FN5O4/c1-3-25-22(30)16-8-10-18(11-9-16)29-20(15-33-19-7-5-6-17(24)14-19)21(27-28-29)23(31)26-12-13-32-4-2/h5-11,14H,3-4,12-13,15H2,1-2H3,(H,25,30)(H,26,31). The molecule has 0 radical (unpaired) electrons. The second-order valence-electron chi connectivity index (χ2n) is 6.90. The van der Waals surface area contributed by atoms with Gasteiger partial charge in [-0.3, -0.25) is 9.59 Å². The first-order chi connectivity index (χ1) is 16.0. The second-order valence-corrected chi connectivity index (χ2v) is 6.90. The average Bonchev–Trinajstić information content (AvgIpc) is 3.25. The van der Waals surface area contributed by atoms with E-state index in [2.05, 4.69) is 20.9 Å². The van der Waals surface area contributed by atoms with E-state index in [9.17, 15) is 14.0 Å². The average molecular weight is 455 g/mol. The zero-order valence-corrected chi connectivity index (χ0v) is 18.5. The maximum Gasteiger partial charge on any atom is 0.274 e. The molecule has 2 N–H and O–H groups in total. The summed E-state index contributed by atoms with van der Waals surface area (Å²) in [4.78, 5) is 24.7. The van der Waals surface area contributed by atoms with Gasteiger partial charge in [0.2, 0.25) is 0 Å². The summed E-state index contributed by atoms with van der Waals surface area (Å²) in [6, 6.07) is 12.4. The number of amides is 2. The molecule has 0 bridgehead atoms. The van der Waals surface area contributed by atoms with Crippen LogP contribution in [0.15, 0.2) is 48.5 Å². The molecule has 10 heteroatoms. The van der Waals surface area contributed by atoms with E-state index < -0.39 is 11.7 Å². The van der Waals surface area contributed by atoms with E-state index in [0.29, 0.717) is 49.0 Å².